The van der Waals surface area contributed by atoms with Gasteiger partial charge in [0, 0.05) is 0 Å². The molecule has 0 spiro atoms. The molecule has 0 bridgehead atoms. The van der Waals surface area contributed by atoms with Crippen LogP contribution >= 0.6 is 0 Å². The summed E-state index contributed by atoms with van der Waals surface area (Å²) in [6.07, 6.45) is 2.11. The molecule has 16 heavy (non-hydrogen) atoms. The van der Waals surface area contributed by atoms with Crippen LogP contribution in [0.15, 0.2) is 36.9 Å². The minimum Gasteiger partial charge on any atom is -0.490 e. The smallest absolute Gasteiger partial charge is 0.311 e. The lowest BCUT2D eigenvalue weighted by atomic mass is 10.1. The number of rotatable bonds is 5. The fraction of sp³-hybridized carbons (Fsp3) is 0.231. The Hall–Kier alpha value is -2.26. The maximum absolute atomic E-state index is 8.69. The normalized spacial score (nSPS) is 10.9. The maximum atomic E-state index is 8.69. The second kappa shape index (κ2) is 6.27. The second-order valence-electron chi connectivity index (χ2n) is 3.23. The van der Waals surface area contributed by atoms with Crippen LogP contribution in [0, 0.1) is 17.9 Å². The highest BCUT2D eigenvalue weighted by atomic mass is 16.5. The highest BCUT2D eigenvalue weighted by Crippen LogP contribution is 2.15. The van der Waals surface area contributed by atoms with E-state index in [9.17, 15) is 0 Å². The average Bonchev–Trinajstić information content (AvgIpc) is 2.34. The molecule has 1 aromatic rings. The topological polar surface area (TPSA) is 37.4 Å². The van der Waals surface area contributed by atoms with Crippen LogP contribution in [0.1, 0.15) is 5.56 Å². The van der Waals surface area contributed by atoms with Gasteiger partial charge in [0.25, 0.3) is 0 Å². The molecule has 0 aliphatic heterocycles. The Morgan fingerprint density at radius 3 is 3.06 bits per heavy atom. The summed E-state index contributed by atoms with van der Waals surface area (Å²) in [7, 11) is 0. The molecule has 1 aromatic carbocycles. The molecule has 0 aliphatic carbocycles. The van der Waals surface area contributed by atoms with Crippen molar-refractivity contribution in [3.05, 3.63) is 53.9 Å². The standard InChI is InChI=1S/C13H12N2O/c1-3-7-16-13-6-4-5-11(9-13)8-12(10-14)15-2/h3-6,9,12H,1,7-8H2. The zero-order valence-corrected chi connectivity index (χ0v) is 8.89. The summed E-state index contributed by atoms with van der Waals surface area (Å²) in [6, 6.07) is 8.76. The minimum atomic E-state index is -0.616. The van der Waals surface area contributed by atoms with Gasteiger partial charge in [0.2, 0.25) is 0 Å². The van der Waals surface area contributed by atoms with Crippen molar-refractivity contribution in [2.75, 3.05) is 6.61 Å². The molecule has 0 aliphatic rings. The van der Waals surface area contributed by atoms with E-state index >= 15 is 0 Å². The van der Waals surface area contributed by atoms with Gasteiger partial charge in [-0.2, -0.15) is 5.26 Å². The van der Waals surface area contributed by atoms with Crippen LogP contribution in [-0.4, -0.2) is 12.6 Å². The number of nitriles is 1. The molecule has 0 aromatic heterocycles. The summed E-state index contributed by atoms with van der Waals surface area (Å²) in [5.41, 5.74) is 0.934. The van der Waals surface area contributed by atoms with E-state index in [2.05, 4.69) is 11.4 Å². The summed E-state index contributed by atoms with van der Waals surface area (Å²) in [5.74, 6) is 0.735. The van der Waals surface area contributed by atoms with Crippen molar-refractivity contribution in [3.63, 3.8) is 0 Å². The van der Waals surface area contributed by atoms with Crippen molar-refractivity contribution in [3.8, 4) is 11.8 Å². The van der Waals surface area contributed by atoms with E-state index in [4.69, 9.17) is 16.6 Å². The Labute approximate surface area is 95.4 Å². The summed E-state index contributed by atoms with van der Waals surface area (Å²) in [4.78, 5) is 3.23. The van der Waals surface area contributed by atoms with E-state index in [1.807, 2.05) is 30.3 Å². The fourth-order valence-electron chi connectivity index (χ4n) is 1.26. The van der Waals surface area contributed by atoms with E-state index in [1.165, 1.54) is 0 Å². The third-order valence-electron chi connectivity index (χ3n) is 2.00. The summed E-state index contributed by atoms with van der Waals surface area (Å²) in [6.45, 7) is 10.8. The molecule has 0 saturated carbocycles. The fourth-order valence-corrected chi connectivity index (χ4v) is 1.26. The van der Waals surface area contributed by atoms with E-state index in [0.29, 0.717) is 13.0 Å². The highest BCUT2D eigenvalue weighted by Gasteiger charge is 2.11. The molecule has 0 fully saturated rings. The lowest BCUT2D eigenvalue weighted by Gasteiger charge is -2.05. The monoisotopic (exact) mass is 212 g/mol. The van der Waals surface area contributed by atoms with E-state index in [1.54, 1.807) is 6.08 Å². The molecule has 1 unspecified atom stereocenters. The molecule has 0 N–H and O–H groups in total. The van der Waals surface area contributed by atoms with Gasteiger partial charge in [-0.15, -0.1) is 0 Å². The number of hydrogen-bond acceptors (Lipinski definition) is 2. The summed E-state index contributed by atoms with van der Waals surface area (Å²) < 4.78 is 5.37. The molecule has 1 rings (SSSR count). The van der Waals surface area contributed by atoms with E-state index < -0.39 is 6.04 Å². The van der Waals surface area contributed by atoms with Gasteiger partial charge in [0.05, 0.1) is 6.42 Å². The molecular formula is C13H12N2O. The van der Waals surface area contributed by atoms with Gasteiger partial charge in [-0.1, -0.05) is 24.8 Å². The quantitative estimate of drug-likeness (QED) is 0.555. The van der Waals surface area contributed by atoms with Crippen LogP contribution in [0.3, 0.4) is 0 Å². The van der Waals surface area contributed by atoms with Gasteiger partial charge in [-0.05, 0) is 17.7 Å². The minimum absolute atomic E-state index is 0.436. The van der Waals surface area contributed by atoms with Gasteiger partial charge in [-0.25, -0.2) is 6.57 Å². The maximum Gasteiger partial charge on any atom is 0.311 e. The van der Waals surface area contributed by atoms with Crippen LogP contribution in [0.25, 0.3) is 4.85 Å². The van der Waals surface area contributed by atoms with Crippen molar-refractivity contribution in [1.29, 1.82) is 5.26 Å². The average molecular weight is 212 g/mol. The first-order valence-corrected chi connectivity index (χ1v) is 4.89. The predicted molar refractivity (Wildman–Crippen MR) is 61.8 cm³/mol. The summed E-state index contributed by atoms with van der Waals surface area (Å²) in [5, 5.41) is 8.69. The molecule has 0 heterocycles. The van der Waals surface area contributed by atoms with Gasteiger partial charge in [0.15, 0.2) is 6.07 Å². The van der Waals surface area contributed by atoms with Crippen molar-refractivity contribution >= 4 is 0 Å². The Bertz CT molecular complexity index is 426. The van der Waals surface area contributed by atoms with Gasteiger partial charge < -0.3 is 4.74 Å². The van der Waals surface area contributed by atoms with Crippen LogP contribution < -0.4 is 4.74 Å². The first kappa shape index (κ1) is 11.8. The number of benzene rings is 1. The number of ether oxygens (including phenoxy) is 1. The molecule has 0 amide bonds. The van der Waals surface area contributed by atoms with Crippen LogP contribution in [0.4, 0.5) is 0 Å². The number of nitrogens with zero attached hydrogens (tertiary/aromatic N) is 2. The predicted octanol–water partition coefficient (Wildman–Crippen LogP) is 2.61. The Balaban J connectivity index is 2.71. The molecule has 0 saturated heterocycles. The summed E-state index contributed by atoms with van der Waals surface area (Å²) >= 11 is 0. The SMILES string of the molecule is [C-]#[N+]C(C#N)Cc1cccc(OCC=C)c1. The first-order valence-electron chi connectivity index (χ1n) is 4.89. The number of hydrogen-bond donors (Lipinski definition) is 0. The molecule has 3 nitrogen and oxygen atoms in total. The second-order valence-corrected chi connectivity index (χ2v) is 3.23. The first-order chi connectivity index (χ1) is 7.80. The van der Waals surface area contributed by atoms with Crippen LogP contribution in [-0.2, 0) is 6.42 Å². The lowest BCUT2D eigenvalue weighted by molar-refractivity contribution is 0.363. The Morgan fingerprint density at radius 1 is 1.62 bits per heavy atom. The van der Waals surface area contributed by atoms with Crippen LogP contribution in [0.2, 0.25) is 0 Å². The molecular weight excluding hydrogens is 200 g/mol. The van der Waals surface area contributed by atoms with Gasteiger partial charge in [-0.3, -0.25) is 4.85 Å². The van der Waals surface area contributed by atoms with Gasteiger partial charge in [0.1, 0.15) is 12.4 Å². The van der Waals surface area contributed by atoms with Crippen molar-refractivity contribution in [2.45, 2.75) is 12.5 Å². The Morgan fingerprint density at radius 2 is 2.44 bits per heavy atom. The van der Waals surface area contributed by atoms with Crippen molar-refractivity contribution in [1.82, 2.24) is 0 Å². The van der Waals surface area contributed by atoms with E-state index in [-0.39, 0.29) is 0 Å². The molecule has 80 valence electrons. The zero-order valence-electron chi connectivity index (χ0n) is 8.89. The largest absolute Gasteiger partial charge is 0.490 e. The van der Waals surface area contributed by atoms with Crippen molar-refractivity contribution < 1.29 is 4.74 Å². The van der Waals surface area contributed by atoms with Crippen LogP contribution in [0.5, 0.6) is 5.75 Å². The third kappa shape index (κ3) is 3.48. The molecule has 1 atom stereocenters. The van der Waals surface area contributed by atoms with Gasteiger partial charge >= 0.3 is 6.04 Å². The molecule has 3 heteroatoms. The van der Waals surface area contributed by atoms with E-state index in [0.717, 1.165) is 11.3 Å². The lowest BCUT2D eigenvalue weighted by Crippen LogP contribution is -2.03. The third-order valence-corrected chi connectivity index (χ3v) is 2.00. The Kier molecular flexibility index (Phi) is 4.63. The zero-order chi connectivity index (χ0) is 11.8. The highest BCUT2D eigenvalue weighted by molar-refractivity contribution is 5.30. The van der Waals surface area contributed by atoms with Crippen molar-refractivity contribution in [2.24, 2.45) is 0 Å². The molecule has 0 radical (unpaired) electrons.